The maximum atomic E-state index is 9.99. The molecular weight excluding hydrogens is 661 g/mol. The van der Waals surface area contributed by atoms with Gasteiger partial charge in [-0.25, -0.2) is 24.9 Å². The molecule has 4 aromatic heterocycles. The number of rotatable bonds is 5. The zero-order valence-electron chi connectivity index (χ0n) is 27.4. The predicted molar refractivity (Wildman–Crippen MR) is 207 cm³/mol. The van der Waals surface area contributed by atoms with Gasteiger partial charge in [0.1, 0.15) is 11.2 Å². The van der Waals surface area contributed by atoms with Crippen LogP contribution in [0.3, 0.4) is 0 Å². The Bertz CT molecular complexity index is 2980. The molecule has 0 N–H and O–H groups in total. The highest BCUT2D eigenvalue weighted by Gasteiger charge is 2.20. The first kappa shape index (κ1) is 29.8. The lowest BCUT2D eigenvalue weighted by atomic mass is 10.0. The van der Waals surface area contributed by atoms with Gasteiger partial charge in [-0.05, 0) is 42.5 Å². The van der Waals surface area contributed by atoms with Crippen molar-refractivity contribution < 1.29 is 4.42 Å². The molecule has 52 heavy (non-hydrogen) atoms. The van der Waals surface area contributed by atoms with Gasteiger partial charge in [0.2, 0.25) is 0 Å². The summed E-state index contributed by atoms with van der Waals surface area (Å²) in [5, 5.41) is 13.0. The summed E-state index contributed by atoms with van der Waals surface area (Å²) in [6, 6.07) is 50.2. The van der Waals surface area contributed by atoms with Crippen LogP contribution in [-0.4, -0.2) is 24.9 Å². The predicted octanol–water partition coefficient (Wildman–Crippen LogP) is 11.1. The molecular formula is C44H24N6OS. The first-order valence-electron chi connectivity index (χ1n) is 16.7. The molecule has 6 aromatic carbocycles. The highest BCUT2D eigenvalue weighted by atomic mass is 32.1. The molecule has 0 radical (unpaired) electrons. The zero-order chi connectivity index (χ0) is 34.6. The Morgan fingerprint density at radius 3 is 1.85 bits per heavy atom. The van der Waals surface area contributed by atoms with Gasteiger partial charge in [0.05, 0.1) is 27.5 Å². The molecule has 4 heterocycles. The summed E-state index contributed by atoms with van der Waals surface area (Å²) in [5.41, 5.74) is 7.95. The Morgan fingerprint density at radius 1 is 0.481 bits per heavy atom. The standard InChI is InChI=1S/C44H24N6OS/c45-25-30-15-7-8-16-31(30)38-40-39(33-17-9-10-18-37(33)52-40)47-43(46-38)28-20-22-35-34(23-28)32-21-19-29(24-36(32)51-35)44-49-41(26-11-3-1-4-12-26)48-42(50-44)27-13-5-2-6-14-27/h1-24H. The van der Waals surface area contributed by atoms with Gasteiger partial charge in [0.15, 0.2) is 23.3 Å². The lowest BCUT2D eigenvalue weighted by molar-refractivity contribution is 0.669. The van der Waals surface area contributed by atoms with E-state index in [2.05, 4.69) is 30.3 Å². The van der Waals surface area contributed by atoms with Crippen LogP contribution in [0.25, 0.3) is 99.1 Å². The summed E-state index contributed by atoms with van der Waals surface area (Å²) in [6.07, 6.45) is 0. The summed E-state index contributed by atoms with van der Waals surface area (Å²) >= 11 is 1.65. The molecule has 0 fully saturated rings. The largest absolute Gasteiger partial charge is 0.456 e. The average Bonchev–Trinajstić information content (AvgIpc) is 3.78. The summed E-state index contributed by atoms with van der Waals surface area (Å²) < 4.78 is 8.51. The molecule has 10 rings (SSSR count). The summed E-state index contributed by atoms with van der Waals surface area (Å²) in [4.78, 5) is 24.9. The molecule has 0 unspecified atom stereocenters. The molecule has 0 bridgehead atoms. The number of thiophene rings is 1. The molecule has 7 nitrogen and oxygen atoms in total. The van der Waals surface area contributed by atoms with Crippen molar-refractivity contribution in [3.63, 3.8) is 0 Å². The van der Waals surface area contributed by atoms with Crippen LogP contribution in [-0.2, 0) is 0 Å². The third kappa shape index (κ3) is 4.99. The minimum absolute atomic E-state index is 0.561. The van der Waals surface area contributed by atoms with Gasteiger partial charge in [-0.1, -0.05) is 103 Å². The molecule has 0 saturated heterocycles. The van der Waals surface area contributed by atoms with E-state index < -0.39 is 0 Å². The Labute approximate surface area is 301 Å². The summed E-state index contributed by atoms with van der Waals surface area (Å²) in [5.74, 6) is 2.35. The van der Waals surface area contributed by atoms with Crippen LogP contribution in [0.2, 0.25) is 0 Å². The Hall–Kier alpha value is -7.08. The van der Waals surface area contributed by atoms with Gasteiger partial charge in [0, 0.05) is 48.7 Å². The normalized spacial score (nSPS) is 11.4. The lowest BCUT2D eigenvalue weighted by Crippen LogP contribution is -2.00. The van der Waals surface area contributed by atoms with Gasteiger partial charge < -0.3 is 4.42 Å². The third-order valence-electron chi connectivity index (χ3n) is 9.21. The number of furan rings is 1. The molecule has 0 atom stereocenters. The Kier molecular flexibility index (Phi) is 6.91. The van der Waals surface area contributed by atoms with Gasteiger partial charge in [-0.3, -0.25) is 0 Å². The van der Waals surface area contributed by atoms with E-state index in [0.29, 0.717) is 28.9 Å². The van der Waals surface area contributed by atoms with Gasteiger partial charge >= 0.3 is 0 Å². The molecule has 0 amide bonds. The SMILES string of the molecule is N#Cc1ccccc1-c1nc(-c2ccc3oc4cc(-c5nc(-c6ccccc6)nc(-c6ccccc6)n5)ccc4c3c2)nc2c1sc1ccccc12. The fraction of sp³-hybridized carbons (Fsp3) is 0. The maximum Gasteiger partial charge on any atom is 0.164 e. The number of nitriles is 1. The van der Waals surface area contributed by atoms with Gasteiger partial charge in [0.25, 0.3) is 0 Å². The van der Waals surface area contributed by atoms with Crippen molar-refractivity contribution in [2.24, 2.45) is 0 Å². The van der Waals surface area contributed by atoms with E-state index in [1.807, 2.05) is 121 Å². The minimum atomic E-state index is 0.561. The molecule has 10 aromatic rings. The highest BCUT2D eigenvalue weighted by molar-refractivity contribution is 7.26. The Morgan fingerprint density at radius 2 is 1.10 bits per heavy atom. The smallest absolute Gasteiger partial charge is 0.164 e. The number of benzene rings is 6. The third-order valence-corrected chi connectivity index (χ3v) is 10.4. The van der Waals surface area contributed by atoms with Crippen molar-refractivity contribution in [3.8, 4) is 62.9 Å². The molecule has 0 aliphatic carbocycles. The second-order valence-electron chi connectivity index (χ2n) is 12.4. The van der Waals surface area contributed by atoms with E-state index in [9.17, 15) is 5.26 Å². The van der Waals surface area contributed by atoms with E-state index in [4.69, 9.17) is 29.3 Å². The van der Waals surface area contributed by atoms with Crippen molar-refractivity contribution in [3.05, 3.63) is 151 Å². The molecule has 0 spiro atoms. The van der Waals surface area contributed by atoms with Crippen LogP contribution in [0, 0.1) is 11.3 Å². The average molecular weight is 685 g/mol. The second kappa shape index (κ2) is 12.1. The molecule has 242 valence electrons. The van der Waals surface area contributed by atoms with Crippen molar-refractivity contribution in [2.75, 3.05) is 0 Å². The van der Waals surface area contributed by atoms with Gasteiger partial charge in [-0.15, -0.1) is 11.3 Å². The quantitative estimate of drug-likeness (QED) is 0.178. The topological polar surface area (TPSA) is 101 Å². The first-order chi connectivity index (χ1) is 25.7. The number of aromatic nitrogens is 5. The molecule has 0 aliphatic heterocycles. The number of hydrogen-bond donors (Lipinski definition) is 0. The molecule has 0 aliphatic rings. The number of fused-ring (bicyclic) bond motifs is 6. The monoisotopic (exact) mass is 684 g/mol. The number of hydrogen-bond acceptors (Lipinski definition) is 8. The van der Waals surface area contributed by atoms with E-state index >= 15 is 0 Å². The van der Waals surface area contributed by atoms with Crippen LogP contribution < -0.4 is 0 Å². The second-order valence-corrected chi connectivity index (χ2v) is 13.4. The summed E-state index contributed by atoms with van der Waals surface area (Å²) in [6.45, 7) is 0. The van der Waals surface area contributed by atoms with E-state index in [1.165, 1.54) is 0 Å². The van der Waals surface area contributed by atoms with Gasteiger partial charge in [-0.2, -0.15) is 5.26 Å². The van der Waals surface area contributed by atoms with E-state index in [-0.39, 0.29) is 0 Å². The maximum absolute atomic E-state index is 9.99. The van der Waals surface area contributed by atoms with Crippen molar-refractivity contribution in [1.82, 2.24) is 24.9 Å². The van der Waals surface area contributed by atoms with E-state index in [0.717, 1.165) is 75.8 Å². The van der Waals surface area contributed by atoms with Crippen LogP contribution >= 0.6 is 11.3 Å². The van der Waals surface area contributed by atoms with Crippen LogP contribution in [0.15, 0.2) is 150 Å². The van der Waals surface area contributed by atoms with Crippen molar-refractivity contribution in [2.45, 2.75) is 0 Å². The van der Waals surface area contributed by atoms with Crippen molar-refractivity contribution >= 4 is 53.6 Å². The Balaban J connectivity index is 1.12. The molecule has 8 heteroatoms. The summed E-state index contributed by atoms with van der Waals surface area (Å²) in [7, 11) is 0. The van der Waals surface area contributed by atoms with Crippen LogP contribution in [0.1, 0.15) is 5.56 Å². The lowest BCUT2D eigenvalue weighted by Gasteiger charge is -2.08. The molecule has 0 saturated carbocycles. The highest BCUT2D eigenvalue weighted by Crippen LogP contribution is 2.41. The van der Waals surface area contributed by atoms with E-state index in [1.54, 1.807) is 11.3 Å². The van der Waals surface area contributed by atoms with Crippen molar-refractivity contribution in [1.29, 1.82) is 5.26 Å². The van der Waals surface area contributed by atoms with Crippen LogP contribution in [0.5, 0.6) is 0 Å². The number of nitrogens with zero attached hydrogens (tertiary/aromatic N) is 6. The minimum Gasteiger partial charge on any atom is -0.456 e. The van der Waals surface area contributed by atoms with Crippen LogP contribution in [0.4, 0.5) is 0 Å². The zero-order valence-corrected chi connectivity index (χ0v) is 28.2. The fourth-order valence-corrected chi connectivity index (χ4v) is 7.83. The first-order valence-corrected chi connectivity index (χ1v) is 17.5. The fourth-order valence-electron chi connectivity index (χ4n) is 6.68.